The summed E-state index contributed by atoms with van der Waals surface area (Å²) in [6, 6.07) is 4.47. The fourth-order valence-electron chi connectivity index (χ4n) is 1.75. The third kappa shape index (κ3) is 3.82. The van der Waals surface area contributed by atoms with Crippen molar-refractivity contribution in [3.8, 4) is 5.69 Å². The molecule has 0 bridgehead atoms. The van der Waals surface area contributed by atoms with Crippen molar-refractivity contribution in [2.45, 2.75) is 20.4 Å². The van der Waals surface area contributed by atoms with E-state index in [1.54, 1.807) is 6.07 Å². The van der Waals surface area contributed by atoms with Crippen LogP contribution in [0.2, 0.25) is 0 Å². The average Bonchev–Trinajstić information content (AvgIpc) is 2.87. The number of tetrazole rings is 1. The molecule has 0 saturated carbocycles. The van der Waals surface area contributed by atoms with Crippen molar-refractivity contribution in [2.75, 3.05) is 6.54 Å². The Morgan fingerprint density at radius 1 is 1.48 bits per heavy atom. The first-order chi connectivity index (χ1) is 9.99. The molecular formula is C12H15BrN6O2. The van der Waals surface area contributed by atoms with Gasteiger partial charge in [0.15, 0.2) is 5.82 Å². The van der Waals surface area contributed by atoms with Crippen LogP contribution in [0.3, 0.4) is 0 Å². The Kier molecular flexibility index (Phi) is 4.97. The molecule has 8 nitrogen and oxygen atoms in total. The topological polar surface area (TPSA) is 98.8 Å². The van der Waals surface area contributed by atoms with Crippen LogP contribution in [-0.2, 0) is 6.54 Å². The molecule has 0 atom stereocenters. The molecule has 1 aromatic heterocycles. The first-order valence-corrected chi connectivity index (χ1v) is 7.20. The van der Waals surface area contributed by atoms with Crippen LogP contribution in [0.4, 0.5) is 5.69 Å². The maximum Gasteiger partial charge on any atom is 0.271 e. The van der Waals surface area contributed by atoms with E-state index in [2.05, 4.69) is 50.6 Å². The zero-order valence-corrected chi connectivity index (χ0v) is 13.2. The molecule has 1 heterocycles. The number of hydrogen-bond acceptors (Lipinski definition) is 6. The summed E-state index contributed by atoms with van der Waals surface area (Å²) < 4.78 is 2.18. The largest absolute Gasteiger partial charge is 0.310 e. The molecule has 0 aliphatic rings. The molecule has 1 aromatic carbocycles. The van der Waals surface area contributed by atoms with Crippen molar-refractivity contribution in [3.05, 3.63) is 38.6 Å². The molecule has 0 spiro atoms. The van der Waals surface area contributed by atoms with Crippen molar-refractivity contribution in [1.82, 2.24) is 25.5 Å². The van der Waals surface area contributed by atoms with E-state index >= 15 is 0 Å². The van der Waals surface area contributed by atoms with Gasteiger partial charge in [-0.3, -0.25) is 10.1 Å². The van der Waals surface area contributed by atoms with Gasteiger partial charge in [-0.2, -0.15) is 4.68 Å². The van der Waals surface area contributed by atoms with Crippen LogP contribution in [0.25, 0.3) is 5.69 Å². The zero-order chi connectivity index (χ0) is 15.4. The van der Waals surface area contributed by atoms with E-state index in [1.807, 2.05) is 0 Å². The second-order valence-corrected chi connectivity index (χ2v) is 5.78. The minimum absolute atomic E-state index is 0.00945. The number of halogens is 1. The van der Waals surface area contributed by atoms with E-state index in [0.717, 1.165) is 6.54 Å². The van der Waals surface area contributed by atoms with E-state index in [1.165, 1.54) is 16.8 Å². The smallest absolute Gasteiger partial charge is 0.271 e. The average molecular weight is 355 g/mol. The highest BCUT2D eigenvalue weighted by Crippen LogP contribution is 2.25. The molecule has 2 aromatic rings. The normalized spacial score (nSPS) is 11.0. The lowest BCUT2D eigenvalue weighted by Gasteiger charge is -2.09. The van der Waals surface area contributed by atoms with Crippen LogP contribution in [0.15, 0.2) is 22.7 Å². The van der Waals surface area contributed by atoms with Crippen molar-refractivity contribution in [2.24, 2.45) is 5.92 Å². The Bertz CT molecular complexity index is 642. The summed E-state index contributed by atoms with van der Waals surface area (Å²) in [6.45, 7) is 5.53. The number of nitro groups is 1. The monoisotopic (exact) mass is 354 g/mol. The van der Waals surface area contributed by atoms with Gasteiger partial charge < -0.3 is 5.32 Å². The second kappa shape index (κ2) is 6.72. The van der Waals surface area contributed by atoms with Crippen molar-refractivity contribution < 1.29 is 4.92 Å². The number of nitrogens with zero attached hydrogens (tertiary/aromatic N) is 5. The van der Waals surface area contributed by atoms with Crippen LogP contribution < -0.4 is 5.32 Å². The van der Waals surface area contributed by atoms with Gasteiger partial charge in [0.1, 0.15) is 0 Å². The summed E-state index contributed by atoms with van der Waals surface area (Å²) >= 11 is 3.37. The number of non-ortho nitro benzene ring substituents is 1. The maximum absolute atomic E-state index is 10.9. The summed E-state index contributed by atoms with van der Waals surface area (Å²) in [7, 11) is 0. The van der Waals surface area contributed by atoms with Gasteiger partial charge in [0.25, 0.3) is 5.69 Å². The van der Waals surface area contributed by atoms with Gasteiger partial charge in [-0.25, -0.2) is 0 Å². The fourth-order valence-corrected chi connectivity index (χ4v) is 2.17. The van der Waals surface area contributed by atoms with E-state index in [4.69, 9.17) is 0 Å². The molecule has 21 heavy (non-hydrogen) atoms. The molecule has 0 aliphatic carbocycles. The van der Waals surface area contributed by atoms with Crippen LogP contribution in [0.1, 0.15) is 19.7 Å². The van der Waals surface area contributed by atoms with Crippen LogP contribution >= 0.6 is 15.9 Å². The van der Waals surface area contributed by atoms with Gasteiger partial charge >= 0.3 is 0 Å². The van der Waals surface area contributed by atoms with Crippen molar-refractivity contribution in [1.29, 1.82) is 0 Å². The van der Waals surface area contributed by atoms with Gasteiger partial charge in [0, 0.05) is 16.6 Å². The van der Waals surface area contributed by atoms with Gasteiger partial charge in [-0.15, -0.1) is 5.10 Å². The number of aromatic nitrogens is 4. The summed E-state index contributed by atoms with van der Waals surface area (Å²) in [5.74, 6) is 1.11. The van der Waals surface area contributed by atoms with Gasteiger partial charge in [0.2, 0.25) is 0 Å². The standard InChI is InChI=1S/C12H15BrN6O2/c1-8(2)6-14-7-12-15-16-17-18(12)11-5-9(19(20)21)3-4-10(11)13/h3-5,8,14H,6-7H2,1-2H3. The van der Waals surface area contributed by atoms with Gasteiger partial charge in [-0.1, -0.05) is 13.8 Å². The van der Waals surface area contributed by atoms with Crippen LogP contribution in [0.5, 0.6) is 0 Å². The summed E-state index contributed by atoms with van der Waals surface area (Å²) in [5.41, 5.74) is 0.528. The highest BCUT2D eigenvalue weighted by Gasteiger charge is 2.15. The van der Waals surface area contributed by atoms with Crippen molar-refractivity contribution >= 4 is 21.6 Å². The number of hydrogen-bond donors (Lipinski definition) is 1. The summed E-state index contributed by atoms with van der Waals surface area (Å²) in [4.78, 5) is 10.4. The van der Waals surface area contributed by atoms with Crippen LogP contribution in [-0.4, -0.2) is 31.7 Å². The number of nitro benzene ring substituents is 1. The lowest BCUT2D eigenvalue weighted by Crippen LogP contribution is -2.21. The molecule has 9 heteroatoms. The Labute approximate surface area is 129 Å². The highest BCUT2D eigenvalue weighted by molar-refractivity contribution is 9.10. The molecular weight excluding hydrogens is 340 g/mol. The Morgan fingerprint density at radius 3 is 2.90 bits per heavy atom. The molecule has 0 fully saturated rings. The lowest BCUT2D eigenvalue weighted by atomic mass is 10.2. The second-order valence-electron chi connectivity index (χ2n) is 4.92. The predicted molar refractivity (Wildman–Crippen MR) is 80.1 cm³/mol. The molecule has 0 unspecified atom stereocenters. The minimum Gasteiger partial charge on any atom is -0.310 e. The zero-order valence-electron chi connectivity index (χ0n) is 11.7. The highest BCUT2D eigenvalue weighted by atomic mass is 79.9. The molecule has 1 N–H and O–H groups in total. The first-order valence-electron chi connectivity index (χ1n) is 6.41. The van der Waals surface area contributed by atoms with E-state index < -0.39 is 4.92 Å². The molecule has 0 saturated heterocycles. The van der Waals surface area contributed by atoms with E-state index in [9.17, 15) is 10.1 Å². The minimum atomic E-state index is -0.447. The Hall–Kier alpha value is -1.87. The third-order valence-electron chi connectivity index (χ3n) is 2.74. The number of nitrogens with one attached hydrogen (secondary N) is 1. The molecule has 2 rings (SSSR count). The Morgan fingerprint density at radius 2 is 2.24 bits per heavy atom. The summed E-state index contributed by atoms with van der Waals surface area (Å²) in [6.07, 6.45) is 0. The molecule has 0 radical (unpaired) electrons. The number of benzene rings is 1. The third-order valence-corrected chi connectivity index (χ3v) is 3.41. The maximum atomic E-state index is 10.9. The lowest BCUT2D eigenvalue weighted by molar-refractivity contribution is -0.384. The van der Waals surface area contributed by atoms with Gasteiger partial charge in [-0.05, 0) is 44.9 Å². The van der Waals surface area contributed by atoms with E-state index in [-0.39, 0.29) is 5.69 Å². The summed E-state index contributed by atoms with van der Waals surface area (Å²) in [5, 5.41) is 25.6. The number of rotatable bonds is 6. The Balaban J connectivity index is 2.28. The molecule has 0 aliphatic heterocycles. The fraction of sp³-hybridized carbons (Fsp3) is 0.417. The van der Waals surface area contributed by atoms with Gasteiger partial charge in [0.05, 0.1) is 17.2 Å². The van der Waals surface area contributed by atoms with Crippen molar-refractivity contribution in [3.63, 3.8) is 0 Å². The van der Waals surface area contributed by atoms with E-state index in [0.29, 0.717) is 28.4 Å². The molecule has 0 amide bonds. The first kappa shape index (κ1) is 15.5. The quantitative estimate of drug-likeness (QED) is 0.629. The SMILES string of the molecule is CC(C)CNCc1nnnn1-c1cc([N+](=O)[O-])ccc1Br. The van der Waals surface area contributed by atoms with Crippen LogP contribution in [0, 0.1) is 16.0 Å². The molecule has 112 valence electrons. The predicted octanol–water partition coefficient (Wildman–Crippen LogP) is 2.08.